The van der Waals surface area contributed by atoms with Crippen LogP contribution in [0.3, 0.4) is 0 Å². The van der Waals surface area contributed by atoms with Gasteiger partial charge in [-0.15, -0.1) is 0 Å². The highest BCUT2D eigenvalue weighted by molar-refractivity contribution is 5.25. The number of hydrogen-bond acceptors (Lipinski definition) is 2. The zero-order valence-corrected chi connectivity index (χ0v) is 10.1. The molecule has 2 rings (SSSR count). The van der Waals surface area contributed by atoms with E-state index in [0.717, 1.165) is 12.1 Å². The monoisotopic (exact) mass is 225 g/mol. The fraction of sp³-hybridized carbons (Fsp3) is 0.286. The van der Waals surface area contributed by atoms with Crippen molar-refractivity contribution in [2.24, 2.45) is 0 Å². The van der Waals surface area contributed by atoms with Crippen molar-refractivity contribution in [1.29, 1.82) is 5.26 Å². The van der Waals surface area contributed by atoms with Crippen molar-refractivity contribution >= 4 is 0 Å². The summed E-state index contributed by atoms with van der Waals surface area (Å²) in [5, 5.41) is 13.4. The molecule has 0 aliphatic rings. The van der Waals surface area contributed by atoms with Gasteiger partial charge in [0.25, 0.3) is 0 Å². The summed E-state index contributed by atoms with van der Waals surface area (Å²) < 4.78 is 1.86. The first-order valence-electron chi connectivity index (χ1n) is 5.60. The fourth-order valence-electron chi connectivity index (χ4n) is 1.61. The van der Waals surface area contributed by atoms with Gasteiger partial charge in [-0.25, -0.2) is 0 Å². The van der Waals surface area contributed by atoms with Gasteiger partial charge in [0.2, 0.25) is 0 Å². The van der Waals surface area contributed by atoms with E-state index in [9.17, 15) is 0 Å². The third-order valence-electron chi connectivity index (χ3n) is 2.82. The van der Waals surface area contributed by atoms with Crippen molar-refractivity contribution in [3.05, 3.63) is 53.9 Å². The Kier molecular flexibility index (Phi) is 2.97. The van der Waals surface area contributed by atoms with Crippen molar-refractivity contribution in [3.63, 3.8) is 0 Å². The number of hydrogen-bond donors (Lipinski definition) is 0. The number of aromatic nitrogens is 2. The quantitative estimate of drug-likeness (QED) is 0.806. The summed E-state index contributed by atoms with van der Waals surface area (Å²) in [6, 6.07) is 12.4. The van der Waals surface area contributed by atoms with Crippen LogP contribution in [0, 0.1) is 11.3 Å². The Balaban J connectivity index is 2.18. The molecule has 0 bridgehead atoms. The van der Waals surface area contributed by atoms with Gasteiger partial charge in [-0.2, -0.15) is 10.4 Å². The average Bonchev–Trinajstić information content (AvgIpc) is 2.80. The first-order chi connectivity index (χ1) is 8.12. The molecule has 0 atom stereocenters. The smallest absolute Gasteiger partial charge is 0.0796 e. The molecule has 86 valence electrons. The van der Waals surface area contributed by atoms with E-state index in [4.69, 9.17) is 5.26 Å². The zero-order chi connectivity index (χ0) is 12.3. The molecule has 1 aromatic heterocycles. The van der Waals surface area contributed by atoms with E-state index in [1.165, 1.54) is 5.56 Å². The predicted octanol–water partition coefficient (Wildman–Crippen LogP) is 2.73. The predicted molar refractivity (Wildman–Crippen MR) is 66.4 cm³/mol. The van der Waals surface area contributed by atoms with E-state index >= 15 is 0 Å². The minimum absolute atomic E-state index is 0.477. The van der Waals surface area contributed by atoms with Gasteiger partial charge < -0.3 is 0 Å². The second-order valence-corrected chi connectivity index (χ2v) is 4.65. The molecule has 0 spiro atoms. The van der Waals surface area contributed by atoms with Crippen LogP contribution in [0.25, 0.3) is 0 Å². The molecule has 0 radical (unpaired) electrons. The Bertz CT molecular complexity index is 532. The largest absolute Gasteiger partial charge is 0.268 e. The van der Waals surface area contributed by atoms with Crippen molar-refractivity contribution in [3.8, 4) is 6.07 Å². The second kappa shape index (κ2) is 4.42. The highest BCUT2D eigenvalue weighted by atomic mass is 15.3. The van der Waals surface area contributed by atoms with E-state index in [-0.39, 0.29) is 0 Å². The van der Waals surface area contributed by atoms with Crippen LogP contribution in [0.1, 0.15) is 25.0 Å². The molecule has 0 N–H and O–H groups in total. The number of rotatable bonds is 3. The molecule has 17 heavy (non-hydrogen) atoms. The third kappa shape index (κ3) is 2.54. The summed E-state index contributed by atoms with van der Waals surface area (Å²) in [4.78, 5) is 0. The number of nitrogens with zero attached hydrogens (tertiary/aromatic N) is 3. The second-order valence-electron chi connectivity index (χ2n) is 4.65. The molecule has 0 aliphatic carbocycles. The van der Waals surface area contributed by atoms with Gasteiger partial charge in [0.15, 0.2) is 0 Å². The van der Waals surface area contributed by atoms with Crippen molar-refractivity contribution in [2.45, 2.75) is 25.8 Å². The number of nitriles is 1. The van der Waals surface area contributed by atoms with Crippen LogP contribution in [-0.2, 0) is 12.0 Å². The van der Waals surface area contributed by atoms with E-state index in [0.29, 0.717) is 0 Å². The first kappa shape index (κ1) is 11.4. The van der Waals surface area contributed by atoms with Crippen molar-refractivity contribution in [1.82, 2.24) is 9.78 Å². The molecule has 3 heteroatoms. The topological polar surface area (TPSA) is 41.6 Å². The number of benzene rings is 1. The molecule has 0 aliphatic heterocycles. The maximum atomic E-state index is 9.06. The van der Waals surface area contributed by atoms with Crippen LogP contribution in [-0.4, -0.2) is 9.78 Å². The van der Waals surface area contributed by atoms with E-state index < -0.39 is 5.41 Å². The van der Waals surface area contributed by atoms with Gasteiger partial charge in [0.05, 0.1) is 24.2 Å². The lowest BCUT2D eigenvalue weighted by molar-refractivity contribution is 0.669. The fourth-order valence-corrected chi connectivity index (χ4v) is 1.61. The van der Waals surface area contributed by atoms with Gasteiger partial charge in [-0.3, -0.25) is 4.68 Å². The molecule has 0 unspecified atom stereocenters. The minimum atomic E-state index is -0.477. The lowest BCUT2D eigenvalue weighted by atomic mass is 9.89. The molecule has 2 aromatic rings. The molecular weight excluding hydrogens is 210 g/mol. The van der Waals surface area contributed by atoms with Gasteiger partial charge in [-0.1, -0.05) is 30.3 Å². The summed E-state index contributed by atoms with van der Waals surface area (Å²) in [5.41, 5.74) is 1.68. The Labute approximate surface area is 101 Å². The Morgan fingerprint density at radius 2 is 2.00 bits per heavy atom. The van der Waals surface area contributed by atoms with E-state index in [1.807, 2.05) is 42.9 Å². The van der Waals surface area contributed by atoms with Crippen LogP contribution in [0.2, 0.25) is 0 Å². The lowest BCUT2D eigenvalue weighted by Crippen LogP contribution is -2.12. The maximum absolute atomic E-state index is 9.06. The molecule has 1 heterocycles. The summed E-state index contributed by atoms with van der Waals surface area (Å²) in [6.45, 7) is 4.54. The highest BCUT2D eigenvalue weighted by Crippen LogP contribution is 2.21. The summed E-state index contributed by atoms with van der Waals surface area (Å²) in [7, 11) is 0. The Hall–Kier alpha value is -2.08. The molecule has 3 nitrogen and oxygen atoms in total. The minimum Gasteiger partial charge on any atom is -0.268 e. The standard InChI is InChI=1S/C14H15N3/c1-14(2,11-15)13-8-16-17(10-13)9-12-6-4-3-5-7-12/h3-8,10H,9H2,1-2H3. The first-order valence-corrected chi connectivity index (χ1v) is 5.60. The molecule has 0 amide bonds. The van der Waals surface area contributed by atoms with Gasteiger partial charge >= 0.3 is 0 Å². The van der Waals surface area contributed by atoms with Gasteiger partial charge in [0.1, 0.15) is 0 Å². The van der Waals surface area contributed by atoms with Crippen LogP contribution < -0.4 is 0 Å². The van der Waals surface area contributed by atoms with E-state index in [1.54, 1.807) is 6.20 Å². The normalized spacial score (nSPS) is 11.1. The summed E-state index contributed by atoms with van der Waals surface area (Å²) in [5.74, 6) is 0. The lowest BCUT2D eigenvalue weighted by Gasteiger charge is -2.11. The van der Waals surface area contributed by atoms with Gasteiger partial charge in [0, 0.05) is 11.8 Å². The Morgan fingerprint density at radius 1 is 1.29 bits per heavy atom. The SMILES string of the molecule is CC(C)(C#N)c1cnn(Cc2ccccc2)c1. The molecule has 1 aromatic carbocycles. The molecule has 0 saturated heterocycles. The highest BCUT2D eigenvalue weighted by Gasteiger charge is 2.21. The summed E-state index contributed by atoms with van der Waals surface area (Å²) >= 11 is 0. The molecule has 0 saturated carbocycles. The molecule has 0 fully saturated rings. The summed E-state index contributed by atoms with van der Waals surface area (Å²) in [6.07, 6.45) is 3.71. The third-order valence-corrected chi connectivity index (χ3v) is 2.82. The van der Waals surface area contributed by atoms with Crippen molar-refractivity contribution in [2.75, 3.05) is 0 Å². The Morgan fingerprint density at radius 3 is 2.65 bits per heavy atom. The van der Waals surface area contributed by atoms with Crippen molar-refractivity contribution < 1.29 is 0 Å². The van der Waals surface area contributed by atoms with Gasteiger partial charge in [-0.05, 0) is 19.4 Å². The van der Waals surface area contributed by atoms with Crippen LogP contribution >= 0.6 is 0 Å². The maximum Gasteiger partial charge on any atom is 0.0796 e. The van der Waals surface area contributed by atoms with Crippen LogP contribution in [0.15, 0.2) is 42.7 Å². The van der Waals surface area contributed by atoms with Crippen LogP contribution in [0.5, 0.6) is 0 Å². The zero-order valence-electron chi connectivity index (χ0n) is 10.1. The van der Waals surface area contributed by atoms with Crippen LogP contribution in [0.4, 0.5) is 0 Å². The van der Waals surface area contributed by atoms with E-state index in [2.05, 4.69) is 23.3 Å². The average molecular weight is 225 g/mol. The molecular formula is C14H15N3.